The fraction of sp³-hybridized carbons (Fsp3) is 0.250. The molecule has 0 amide bonds. The molecule has 2 aromatic carbocycles. The minimum Gasteiger partial charge on any atom is -0.494 e. The Labute approximate surface area is 127 Å². The number of hydrogen-bond donors (Lipinski definition) is 1. The fourth-order valence-electron chi connectivity index (χ4n) is 2.25. The Morgan fingerprint density at radius 3 is 2.55 bits per heavy atom. The number of methoxy groups -OCH3 is 1. The van der Waals surface area contributed by atoms with Gasteiger partial charge in [-0.2, -0.15) is 0 Å². The number of benzene rings is 2. The molecular formula is C16H17BrFNO. The van der Waals surface area contributed by atoms with Crippen LogP contribution in [-0.2, 0) is 0 Å². The van der Waals surface area contributed by atoms with E-state index in [-0.39, 0.29) is 17.6 Å². The molecule has 0 saturated heterocycles. The number of nitrogens with one attached hydrogen (secondary N) is 1. The highest BCUT2D eigenvalue weighted by Gasteiger charge is 2.20. The van der Waals surface area contributed by atoms with Crippen LogP contribution in [0.25, 0.3) is 0 Å². The molecule has 1 unspecified atom stereocenters. The zero-order chi connectivity index (χ0) is 14.7. The molecule has 2 aromatic rings. The number of ether oxygens (including phenoxy) is 1. The van der Waals surface area contributed by atoms with E-state index in [0.717, 1.165) is 15.6 Å². The molecule has 2 rings (SSSR count). The largest absolute Gasteiger partial charge is 0.494 e. The van der Waals surface area contributed by atoms with Gasteiger partial charge in [-0.25, -0.2) is 4.39 Å². The van der Waals surface area contributed by atoms with Crippen molar-refractivity contribution in [3.8, 4) is 5.75 Å². The molecule has 106 valence electrons. The lowest BCUT2D eigenvalue weighted by Gasteiger charge is -2.20. The lowest BCUT2D eigenvalue weighted by atomic mass is 9.97. The van der Waals surface area contributed by atoms with Gasteiger partial charge in [0.25, 0.3) is 0 Å². The van der Waals surface area contributed by atoms with Gasteiger partial charge in [-0.1, -0.05) is 40.2 Å². The molecule has 0 saturated carbocycles. The Hall–Kier alpha value is -1.39. The quantitative estimate of drug-likeness (QED) is 0.902. The molecular weight excluding hydrogens is 321 g/mol. The van der Waals surface area contributed by atoms with Crippen LogP contribution in [0.2, 0.25) is 0 Å². The van der Waals surface area contributed by atoms with Crippen LogP contribution in [0.5, 0.6) is 5.75 Å². The first kappa shape index (κ1) is 15.0. The average Bonchev–Trinajstić information content (AvgIpc) is 2.43. The smallest absolute Gasteiger partial charge is 0.170 e. The number of halogens is 2. The van der Waals surface area contributed by atoms with Crippen molar-refractivity contribution in [2.45, 2.75) is 13.0 Å². The van der Waals surface area contributed by atoms with E-state index in [1.165, 1.54) is 7.11 Å². The highest BCUT2D eigenvalue weighted by atomic mass is 79.9. The summed E-state index contributed by atoms with van der Waals surface area (Å²) < 4.78 is 20.4. The third-order valence-electron chi connectivity index (χ3n) is 3.28. The van der Waals surface area contributed by atoms with Crippen molar-refractivity contribution in [1.29, 1.82) is 0 Å². The van der Waals surface area contributed by atoms with Crippen LogP contribution < -0.4 is 10.1 Å². The van der Waals surface area contributed by atoms with Gasteiger partial charge in [0.05, 0.1) is 13.2 Å². The van der Waals surface area contributed by atoms with Gasteiger partial charge in [0.15, 0.2) is 11.6 Å². The highest BCUT2D eigenvalue weighted by Crippen LogP contribution is 2.33. The molecule has 1 atom stereocenters. The van der Waals surface area contributed by atoms with Crippen LogP contribution in [0.4, 0.5) is 4.39 Å². The standard InChI is InChI=1S/C16H17BrFNO/c1-10-7-8-11(13(17)9-10)16(19-2)12-5-4-6-14(20-3)15(12)18/h4-9,16,19H,1-3H3. The van der Waals surface area contributed by atoms with Crippen molar-refractivity contribution in [2.75, 3.05) is 14.2 Å². The fourth-order valence-corrected chi connectivity index (χ4v) is 2.98. The molecule has 0 spiro atoms. The Kier molecular flexibility index (Phi) is 4.78. The van der Waals surface area contributed by atoms with Gasteiger partial charge in [0.1, 0.15) is 0 Å². The zero-order valence-electron chi connectivity index (χ0n) is 11.7. The normalized spacial score (nSPS) is 12.2. The van der Waals surface area contributed by atoms with Crippen LogP contribution in [0.15, 0.2) is 40.9 Å². The SMILES string of the molecule is CNC(c1ccc(C)cc1Br)c1cccc(OC)c1F. The maximum Gasteiger partial charge on any atom is 0.170 e. The molecule has 0 bridgehead atoms. The number of hydrogen-bond acceptors (Lipinski definition) is 2. The first-order valence-corrected chi connectivity index (χ1v) is 7.13. The van der Waals surface area contributed by atoms with Gasteiger partial charge < -0.3 is 10.1 Å². The molecule has 0 aliphatic carbocycles. The summed E-state index contributed by atoms with van der Waals surface area (Å²) in [7, 11) is 3.29. The Morgan fingerprint density at radius 2 is 1.95 bits per heavy atom. The third-order valence-corrected chi connectivity index (χ3v) is 3.97. The van der Waals surface area contributed by atoms with Crippen LogP contribution >= 0.6 is 15.9 Å². The van der Waals surface area contributed by atoms with Crippen molar-refractivity contribution < 1.29 is 9.13 Å². The lowest BCUT2D eigenvalue weighted by molar-refractivity contribution is 0.382. The first-order chi connectivity index (χ1) is 9.58. The van der Waals surface area contributed by atoms with Crippen LogP contribution in [0.1, 0.15) is 22.7 Å². The van der Waals surface area contributed by atoms with E-state index in [4.69, 9.17) is 4.74 Å². The number of aryl methyl sites for hydroxylation is 1. The minimum absolute atomic E-state index is 0.236. The van der Waals surface area contributed by atoms with E-state index in [2.05, 4.69) is 21.2 Å². The summed E-state index contributed by atoms with van der Waals surface area (Å²) in [4.78, 5) is 0. The second kappa shape index (κ2) is 6.37. The second-order valence-corrected chi connectivity index (χ2v) is 5.46. The van der Waals surface area contributed by atoms with Crippen molar-refractivity contribution in [2.24, 2.45) is 0 Å². The molecule has 0 aromatic heterocycles. The zero-order valence-corrected chi connectivity index (χ0v) is 13.3. The van der Waals surface area contributed by atoms with E-state index in [1.807, 2.05) is 32.2 Å². The van der Waals surface area contributed by atoms with Crippen molar-refractivity contribution in [3.05, 3.63) is 63.4 Å². The van der Waals surface area contributed by atoms with Gasteiger partial charge in [0.2, 0.25) is 0 Å². The molecule has 20 heavy (non-hydrogen) atoms. The lowest BCUT2D eigenvalue weighted by Crippen LogP contribution is -2.19. The molecule has 0 aliphatic rings. The van der Waals surface area contributed by atoms with Crippen LogP contribution in [-0.4, -0.2) is 14.2 Å². The molecule has 0 heterocycles. The highest BCUT2D eigenvalue weighted by molar-refractivity contribution is 9.10. The third kappa shape index (κ3) is 2.86. The maximum absolute atomic E-state index is 14.4. The minimum atomic E-state index is -0.332. The molecule has 2 nitrogen and oxygen atoms in total. The molecule has 0 fully saturated rings. The molecule has 0 aliphatic heterocycles. The van der Waals surface area contributed by atoms with E-state index in [0.29, 0.717) is 5.56 Å². The van der Waals surface area contributed by atoms with Crippen LogP contribution in [0.3, 0.4) is 0 Å². The Morgan fingerprint density at radius 1 is 1.20 bits per heavy atom. The van der Waals surface area contributed by atoms with E-state index >= 15 is 0 Å². The Balaban J connectivity index is 2.52. The van der Waals surface area contributed by atoms with Gasteiger partial charge >= 0.3 is 0 Å². The van der Waals surface area contributed by atoms with E-state index in [9.17, 15) is 4.39 Å². The monoisotopic (exact) mass is 337 g/mol. The summed E-state index contributed by atoms with van der Waals surface area (Å²) >= 11 is 3.55. The molecule has 0 radical (unpaired) electrons. The summed E-state index contributed by atoms with van der Waals surface area (Å²) in [5.74, 6) is -0.0761. The second-order valence-electron chi connectivity index (χ2n) is 4.61. The summed E-state index contributed by atoms with van der Waals surface area (Å²) in [6.07, 6.45) is 0. The van der Waals surface area contributed by atoms with Gasteiger partial charge in [-0.15, -0.1) is 0 Å². The average molecular weight is 338 g/mol. The van der Waals surface area contributed by atoms with Crippen molar-refractivity contribution in [3.63, 3.8) is 0 Å². The van der Waals surface area contributed by atoms with Gasteiger partial charge in [-0.3, -0.25) is 0 Å². The summed E-state index contributed by atoms with van der Waals surface area (Å²) in [5.41, 5.74) is 2.71. The van der Waals surface area contributed by atoms with Crippen LogP contribution in [0, 0.1) is 12.7 Å². The van der Waals surface area contributed by atoms with Crippen molar-refractivity contribution >= 4 is 15.9 Å². The van der Waals surface area contributed by atoms with Gasteiger partial charge in [-0.05, 0) is 37.2 Å². The topological polar surface area (TPSA) is 21.3 Å². The summed E-state index contributed by atoms with van der Waals surface area (Å²) in [6, 6.07) is 11.0. The summed E-state index contributed by atoms with van der Waals surface area (Å²) in [6.45, 7) is 2.02. The first-order valence-electron chi connectivity index (χ1n) is 6.34. The summed E-state index contributed by atoms with van der Waals surface area (Å²) in [5, 5.41) is 3.16. The number of rotatable bonds is 4. The molecule has 1 N–H and O–H groups in total. The predicted octanol–water partition coefficient (Wildman–Crippen LogP) is 4.21. The predicted molar refractivity (Wildman–Crippen MR) is 82.7 cm³/mol. The maximum atomic E-state index is 14.4. The van der Waals surface area contributed by atoms with E-state index < -0.39 is 0 Å². The molecule has 4 heteroatoms. The van der Waals surface area contributed by atoms with E-state index in [1.54, 1.807) is 18.2 Å². The van der Waals surface area contributed by atoms with Crippen molar-refractivity contribution in [1.82, 2.24) is 5.32 Å². The van der Waals surface area contributed by atoms with Gasteiger partial charge in [0, 0.05) is 10.0 Å². The Bertz CT molecular complexity index is 615.